The van der Waals surface area contributed by atoms with Crippen LogP contribution >= 0.6 is 0 Å². The summed E-state index contributed by atoms with van der Waals surface area (Å²) in [6, 6.07) is 12.3. The van der Waals surface area contributed by atoms with Gasteiger partial charge in [0.1, 0.15) is 5.75 Å². The third kappa shape index (κ3) is 7.18. The molecular formula is C19H21F3N4O2. The van der Waals surface area contributed by atoms with Gasteiger partial charge in [-0.05, 0) is 42.0 Å². The minimum Gasteiger partial charge on any atom is -0.406 e. The molecule has 150 valence electrons. The topological polar surface area (TPSA) is 88.7 Å². The van der Waals surface area contributed by atoms with Crippen molar-refractivity contribution in [3.8, 4) is 5.75 Å². The summed E-state index contributed by atoms with van der Waals surface area (Å²) in [7, 11) is 0. The molecular weight excluding hydrogens is 373 g/mol. The lowest BCUT2D eigenvalue weighted by Gasteiger charge is -2.10. The monoisotopic (exact) mass is 394 g/mol. The van der Waals surface area contributed by atoms with Crippen molar-refractivity contribution >= 4 is 23.2 Å². The van der Waals surface area contributed by atoms with Crippen molar-refractivity contribution in [1.29, 1.82) is 0 Å². The normalized spacial score (nSPS) is 12.0. The Morgan fingerprint density at radius 2 is 1.57 bits per heavy atom. The van der Waals surface area contributed by atoms with Gasteiger partial charge in [-0.1, -0.05) is 26.0 Å². The highest BCUT2D eigenvalue weighted by Crippen LogP contribution is 2.23. The average Bonchev–Trinajstić information content (AvgIpc) is 2.61. The fourth-order valence-corrected chi connectivity index (χ4v) is 2.08. The van der Waals surface area contributed by atoms with Gasteiger partial charge in [0.05, 0.1) is 6.54 Å². The lowest BCUT2D eigenvalue weighted by molar-refractivity contribution is -0.274. The van der Waals surface area contributed by atoms with Crippen LogP contribution in [0, 0.1) is 5.92 Å². The van der Waals surface area contributed by atoms with Gasteiger partial charge in [-0.15, -0.1) is 13.2 Å². The lowest BCUT2D eigenvalue weighted by atomic mass is 10.2. The van der Waals surface area contributed by atoms with E-state index in [1.165, 1.54) is 24.3 Å². The number of benzene rings is 2. The SMILES string of the molecule is CC(C)C(=O)Nc1ccc(CN=C(N)Nc2ccc(OC(F)(F)F)cc2)cc1. The second kappa shape index (κ2) is 9.12. The van der Waals surface area contributed by atoms with Crippen LogP contribution in [0.4, 0.5) is 24.5 Å². The highest BCUT2D eigenvalue weighted by atomic mass is 19.4. The number of nitrogens with zero attached hydrogens (tertiary/aromatic N) is 1. The summed E-state index contributed by atoms with van der Waals surface area (Å²) in [5, 5.41) is 5.58. The van der Waals surface area contributed by atoms with Crippen LogP contribution in [0.15, 0.2) is 53.5 Å². The summed E-state index contributed by atoms with van der Waals surface area (Å²) in [5.41, 5.74) is 7.84. The molecule has 0 fully saturated rings. The molecule has 0 bridgehead atoms. The molecule has 0 saturated heterocycles. The summed E-state index contributed by atoms with van der Waals surface area (Å²) in [6.45, 7) is 3.92. The van der Waals surface area contributed by atoms with Crippen LogP contribution in [-0.4, -0.2) is 18.2 Å². The molecule has 0 radical (unpaired) electrons. The summed E-state index contributed by atoms with van der Waals surface area (Å²) in [6.07, 6.45) is -4.73. The summed E-state index contributed by atoms with van der Waals surface area (Å²) < 4.78 is 40.2. The van der Waals surface area contributed by atoms with Gasteiger partial charge in [-0.2, -0.15) is 0 Å². The molecule has 2 rings (SSSR count). The molecule has 0 spiro atoms. The number of carbonyl (C=O) groups excluding carboxylic acids is 1. The number of guanidine groups is 1. The fraction of sp³-hybridized carbons (Fsp3) is 0.263. The number of anilines is 2. The number of aliphatic imine (C=N–C) groups is 1. The summed E-state index contributed by atoms with van der Waals surface area (Å²) in [5.74, 6) is -0.380. The first kappa shape index (κ1) is 21.1. The van der Waals surface area contributed by atoms with Gasteiger partial charge in [0.2, 0.25) is 5.91 Å². The van der Waals surface area contributed by atoms with Gasteiger partial charge in [0.25, 0.3) is 0 Å². The average molecular weight is 394 g/mol. The van der Waals surface area contributed by atoms with Crippen molar-refractivity contribution < 1.29 is 22.7 Å². The predicted octanol–water partition coefficient (Wildman–Crippen LogP) is 4.11. The fourth-order valence-electron chi connectivity index (χ4n) is 2.08. The molecule has 0 aliphatic heterocycles. The van der Waals surface area contributed by atoms with E-state index >= 15 is 0 Å². The van der Waals surface area contributed by atoms with E-state index < -0.39 is 6.36 Å². The third-order valence-electron chi connectivity index (χ3n) is 3.54. The van der Waals surface area contributed by atoms with E-state index in [1.807, 2.05) is 26.0 Å². The van der Waals surface area contributed by atoms with Crippen LogP contribution in [0.3, 0.4) is 0 Å². The Morgan fingerprint density at radius 1 is 1.04 bits per heavy atom. The predicted molar refractivity (Wildman–Crippen MR) is 102 cm³/mol. The number of amides is 1. The van der Waals surface area contributed by atoms with Gasteiger partial charge < -0.3 is 21.1 Å². The number of carbonyl (C=O) groups is 1. The molecule has 0 unspecified atom stereocenters. The van der Waals surface area contributed by atoms with Gasteiger partial charge in [0, 0.05) is 17.3 Å². The Hall–Kier alpha value is -3.23. The molecule has 4 N–H and O–H groups in total. The van der Waals surface area contributed by atoms with Gasteiger partial charge in [0.15, 0.2) is 5.96 Å². The maximum absolute atomic E-state index is 12.1. The molecule has 9 heteroatoms. The van der Waals surface area contributed by atoms with Crippen LogP contribution in [0.1, 0.15) is 19.4 Å². The third-order valence-corrected chi connectivity index (χ3v) is 3.54. The van der Waals surface area contributed by atoms with E-state index in [0.717, 1.165) is 5.56 Å². The first-order valence-corrected chi connectivity index (χ1v) is 8.45. The van der Waals surface area contributed by atoms with Crippen LogP contribution in [0.25, 0.3) is 0 Å². The highest BCUT2D eigenvalue weighted by molar-refractivity contribution is 5.92. The number of hydrogen-bond donors (Lipinski definition) is 3. The number of halogens is 3. The maximum atomic E-state index is 12.1. The first-order chi connectivity index (χ1) is 13.1. The van der Waals surface area contributed by atoms with Crippen molar-refractivity contribution in [2.45, 2.75) is 26.8 Å². The Bertz CT molecular complexity index is 817. The molecule has 2 aromatic rings. The number of rotatable bonds is 6. The largest absolute Gasteiger partial charge is 0.573 e. The van der Waals surface area contributed by atoms with E-state index in [1.54, 1.807) is 12.1 Å². The zero-order valence-corrected chi connectivity index (χ0v) is 15.4. The highest BCUT2D eigenvalue weighted by Gasteiger charge is 2.30. The standard InChI is InChI=1S/C19H21F3N4O2/c1-12(2)17(27)25-14-5-3-13(4-6-14)11-24-18(23)26-15-7-9-16(10-8-15)28-19(20,21)22/h3-10,12H,11H2,1-2H3,(H,25,27)(H3,23,24,26). The van der Waals surface area contributed by atoms with Crippen molar-refractivity contribution in [3.05, 3.63) is 54.1 Å². The minimum atomic E-state index is -4.73. The smallest absolute Gasteiger partial charge is 0.406 e. The minimum absolute atomic E-state index is 0.0640. The Kier molecular flexibility index (Phi) is 6.86. The van der Waals surface area contributed by atoms with Crippen LogP contribution < -0.4 is 21.1 Å². The van der Waals surface area contributed by atoms with Crippen molar-refractivity contribution in [3.63, 3.8) is 0 Å². The number of hydrogen-bond acceptors (Lipinski definition) is 3. The van der Waals surface area contributed by atoms with E-state index in [-0.39, 0.29) is 23.5 Å². The molecule has 28 heavy (non-hydrogen) atoms. The van der Waals surface area contributed by atoms with E-state index in [0.29, 0.717) is 17.9 Å². The summed E-state index contributed by atoms with van der Waals surface area (Å²) in [4.78, 5) is 15.8. The molecule has 0 aliphatic rings. The van der Waals surface area contributed by atoms with Gasteiger partial charge >= 0.3 is 6.36 Å². The number of nitrogens with one attached hydrogen (secondary N) is 2. The molecule has 1 amide bonds. The van der Waals surface area contributed by atoms with E-state index in [9.17, 15) is 18.0 Å². The second-order valence-electron chi connectivity index (χ2n) is 6.24. The lowest BCUT2D eigenvalue weighted by Crippen LogP contribution is -2.22. The Labute approximate surface area is 160 Å². The van der Waals surface area contributed by atoms with Crippen molar-refractivity contribution in [2.75, 3.05) is 10.6 Å². The Morgan fingerprint density at radius 3 is 2.11 bits per heavy atom. The van der Waals surface area contributed by atoms with E-state index in [2.05, 4.69) is 20.4 Å². The maximum Gasteiger partial charge on any atom is 0.573 e. The van der Waals surface area contributed by atoms with E-state index in [4.69, 9.17) is 5.73 Å². The molecule has 0 atom stereocenters. The molecule has 2 aromatic carbocycles. The van der Waals surface area contributed by atoms with Crippen molar-refractivity contribution in [2.24, 2.45) is 16.6 Å². The van der Waals surface area contributed by atoms with Crippen molar-refractivity contribution in [1.82, 2.24) is 0 Å². The summed E-state index contributed by atoms with van der Waals surface area (Å²) >= 11 is 0. The zero-order valence-electron chi connectivity index (χ0n) is 15.4. The van der Waals surface area contributed by atoms with Crippen LogP contribution in [-0.2, 0) is 11.3 Å². The molecule has 0 saturated carbocycles. The molecule has 0 aromatic heterocycles. The zero-order chi connectivity index (χ0) is 20.7. The van der Waals surface area contributed by atoms with Gasteiger partial charge in [-0.25, -0.2) is 4.99 Å². The number of ether oxygens (including phenoxy) is 1. The number of alkyl halides is 3. The van der Waals surface area contributed by atoms with Gasteiger partial charge in [-0.3, -0.25) is 4.79 Å². The Balaban J connectivity index is 1.89. The second-order valence-corrected chi connectivity index (χ2v) is 6.24. The molecule has 0 heterocycles. The van der Waals surface area contributed by atoms with Crippen LogP contribution in [0.5, 0.6) is 5.75 Å². The quantitative estimate of drug-likeness (QED) is 0.508. The molecule has 6 nitrogen and oxygen atoms in total. The van der Waals surface area contributed by atoms with Crippen LogP contribution in [0.2, 0.25) is 0 Å². The first-order valence-electron chi connectivity index (χ1n) is 8.45. The number of nitrogens with two attached hydrogens (primary N) is 1. The molecule has 0 aliphatic carbocycles.